The Kier molecular flexibility index (Phi) is 6.96. The van der Waals surface area contributed by atoms with Gasteiger partial charge in [0.25, 0.3) is 5.91 Å². The topological polar surface area (TPSA) is 104 Å². The minimum absolute atomic E-state index is 0.203. The predicted octanol–water partition coefficient (Wildman–Crippen LogP) is 5.21. The Morgan fingerprint density at radius 2 is 1.81 bits per heavy atom. The molecule has 0 bridgehead atoms. The molecule has 37 heavy (non-hydrogen) atoms. The van der Waals surface area contributed by atoms with Gasteiger partial charge in [-0.2, -0.15) is 0 Å². The van der Waals surface area contributed by atoms with Crippen LogP contribution >= 0.6 is 11.3 Å². The van der Waals surface area contributed by atoms with E-state index in [1.807, 2.05) is 18.2 Å². The van der Waals surface area contributed by atoms with E-state index in [1.165, 1.54) is 11.3 Å². The summed E-state index contributed by atoms with van der Waals surface area (Å²) in [6.45, 7) is 1.64. The van der Waals surface area contributed by atoms with E-state index in [0.29, 0.717) is 27.6 Å². The molecule has 8 nitrogen and oxygen atoms in total. The number of rotatable bonds is 8. The van der Waals surface area contributed by atoms with Crippen molar-refractivity contribution < 1.29 is 28.2 Å². The van der Waals surface area contributed by atoms with E-state index in [9.17, 15) is 14.4 Å². The van der Waals surface area contributed by atoms with Crippen LogP contribution in [0.4, 0.5) is 5.00 Å². The molecule has 9 heteroatoms. The quantitative estimate of drug-likeness (QED) is 0.252. The molecule has 0 radical (unpaired) electrons. The highest BCUT2D eigenvalue weighted by Gasteiger charge is 2.23. The second-order valence-electron chi connectivity index (χ2n) is 8.50. The van der Waals surface area contributed by atoms with E-state index in [1.54, 1.807) is 43.7 Å². The number of amides is 1. The normalized spacial score (nSPS) is 12.3. The summed E-state index contributed by atoms with van der Waals surface area (Å²) in [4.78, 5) is 37.8. The molecule has 0 spiro atoms. The van der Waals surface area contributed by atoms with Gasteiger partial charge in [-0.15, -0.1) is 11.3 Å². The van der Waals surface area contributed by atoms with Crippen molar-refractivity contribution in [3.63, 3.8) is 0 Å². The van der Waals surface area contributed by atoms with Crippen LogP contribution in [-0.4, -0.2) is 32.2 Å². The molecule has 0 unspecified atom stereocenters. The van der Waals surface area contributed by atoms with Crippen LogP contribution in [-0.2, 0) is 22.4 Å². The lowest BCUT2D eigenvalue weighted by atomic mass is 10.0. The summed E-state index contributed by atoms with van der Waals surface area (Å²) >= 11 is 1.23. The van der Waals surface area contributed by atoms with Gasteiger partial charge in [0, 0.05) is 28.0 Å². The first-order valence-corrected chi connectivity index (χ1v) is 12.8. The number of nitrogens with one attached hydrogen (secondary N) is 1. The Hall–Kier alpha value is -4.11. The summed E-state index contributed by atoms with van der Waals surface area (Å²) in [6, 6.07) is 12.5. The van der Waals surface area contributed by atoms with Crippen molar-refractivity contribution in [3.8, 4) is 22.6 Å². The number of carbonyl (C=O) groups is 2. The van der Waals surface area contributed by atoms with Crippen LogP contribution in [0.2, 0.25) is 0 Å². The number of benzene rings is 2. The summed E-state index contributed by atoms with van der Waals surface area (Å²) in [5, 5.41) is 5.84. The van der Waals surface area contributed by atoms with Gasteiger partial charge in [0.05, 0.1) is 13.7 Å². The molecular formula is C28H25NO7S. The fraction of sp³-hybridized carbons (Fsp3) is 0.250. The van der Waals surface area contributed by atoms with Gasteiger partial charge < -0.3 is 23.9 Å². The number of fused-ring (bicyclic) bond motifs is 3. The zero-order valence-corrected chi connectivity index (χ0v) is 21.2. The maximum Gasteiger partial charge on any atom is 0.341 e. The fourth-order valence-corrected chi connectivity index (χ4v) is 5.48. The molecule has 0 saturated heterocycles. The van der Waals surface area contributed by atoms with Crippen LogP contribution in [0, 0.1) is 0 Å². The maximum absolute atomic E-state index is 12.8. The SMILES string of the molecule is CCOC(=O)c1c(-c2ccc(OC)cc2)csc1NC(=O)COc1ccc2c3c(c(=O)oc2c1)CCC3. The smallest absolute Gasteiger partial charge is 0.341 e. The Morgan fingerprint density at radius 3 is 2.57 bits per heavy atom. The van der Waals surface area contributed by atoms with Crippen LogP contribution in [0.5, 0.6) is 11.5 Å². The van der Waals surface area contributed by atoms with E-state index in [2.05, 4.69) is 5.32 Å². The number of anilines is 1. The van der Waals surface area contributed by atoms with Gasteiger partial charge >= 0.3 is 11.6 Å². The van der Waals surface area contributed by atoms with Crippen molar-refractivity contribution in [2.45, 2.75) is 26.2 Å². The second kappa shape index (κ2) is 10.5. The van der Waals surface area contributed by atoms with Crippen LogP contribution in [0.25, 0.3) is 22.1 Å². The zero-order chi connectivity index (χ0) is 25.9. The van der Waals surface area contributed by atoms with E-state index in [-0.39, 0.29) is 24.4 Å². The van der Waals surface area contributed by atoms with E-state index >= 15 is 0 Å². The highest BCUT2D eigenvalue weighted by Crippen LogP contribution is 2.37. The average molecular weight is 520 g/mol. The number of thiophene rings is 1. The molecule has 190 valence electrons. The van der Waals surface area contributed by atoms with Crippen molar-refractivity contribution in [2.24, 2.45) is 0 Å². The van der Waals surface area contributed by atoms with Crippen molar-refractivity contribution >= 4 is 39.2 Å². The van der Waals surface area contributed by atoms with Crippen molar-refractivity contribution in [2.75, 3.05) is 25.6 Å². The molecule has 1 aliphatic carbocycles. The average Bonchev–Trinajstić information content (AvgIpc) is 3.56. The monoisotopic (exact) mass is 519 g/mol. The third kappa shape index (κ3) is 4.95. The van der Waals surface area contributed by atoms with E-state index in [0.717, 1.165) is 41.3 Å². The molecule has 2 aromatic carbocycles. The first kappa shape index (κ1) is 24.6. The lowest BCUT2D eigenvalue weighted by molar-refractivity contribution is -0.118. The number of aryl methyl sites for hydroxylation is 1. The molecule has 5 rings (SSSR count). The van der Waals surface area contributed by atoms with Crippen LogP contribution in [0.1, 0.15) is 34.8 Å². The molecule has 0 fully saturated rings. The first-order chi connectivity index (χ1) is 18.0. The summed E-state index contributed by atoms with van der Waals surface area (Å²) in [7, 11) is 1.58. The number of hydrogen-bond acceptors (Lipinski definition) is 8. The van der Waals surface area contributed by atoms with Gasteiger partial charge in [0.1, 0.15) is 27.6 Å². The number of esters is 1. The Morgan fingerprint density at radius 1 is 1.05 bits per heavy atom. The predicted molar refractivity (Wildman–Crippen MR) is 141 cm³/mol. The summed E-state index contributed by atoms with van der Waals surface area (Å²) in [6.07, 6.45) is 2.53. The van der Waals surface area contributed by atoms with Crippen LogP contribution in [0.15, 0.2) is 57.1 Å². The molecule has 4 aromatic rings. The minimum atomic E-state index is -0.525. The third-order valence-electron chi connectivity index (χ3n) is 6.24. The van der Waals surface area contributed by atoms with Crippen molar-refractivity contribution in [1.29, 1.82) is 0 Å². The molecule has 0 aliphatic heterocycles. The molecule has 1 amide bonds. The number of methoxy groups -OCH3 is 1. The Balaban J connectivity index is 1.33. The number of ether oxygens (including phenoxy) is 3. The van der Waals surface area contributed by atoms with Gasteiger partial charge in [-0.1, -0.05) is 12.1 Å². The van der Waals surface area contributed by atoms with Crippen LogP contribution in [0.3, 0.4) is 0 Å². The Labute approximate surface area is 216 Å². The molecular weight excluding hydrogens is 494 g/mol. The van der Waals surface area contributed by atoms with Gasteiger partial charge in [0.15, 0.2) is 6.61 Å². The lowest BCUT2D eigenvalue weighted by Gasteiger charge is -2.10. The second-order valence-corrected chi connectivity index (χ2v) is 9.38. The van der Waals surface area contributed by atoms with Gasteiger partial charge in [-0.05, 0) is 61.6 Å². The van der Waals surface area contributed by atoms with Gasteiger partial charge in [-0.3, -0.25) is 4.79 Å². The highest BCUT2D eigenvalue weighted by atomic mass is 32.1. The third-order valence-corrected chi connectivity index (χ3v) is 7.14. The van der Waals surface area contributed by atoms with Gasteiger partial charge in [-0.25, -0.2) is 9.59 Å². The molecule has 1 N–H and O–H groups in total. The number of hydrogen-bond donors (Lipinski definition) is 1. The first-order valence-electron chi connectivity index (χ1n) is 11.9. The standard InChI is InChI=1S/C28H25NO7S/c1-3-34-28(32)25-22(16-7-9-17(33-2)10-8-16)15-37-26(25)29-24(30)14-35-18-11-12-20-19-5-4-6-21(19)27(31)36-23(20)13-18/h7-13,15H,3-6,14H2,1-2H3,(H,29,30). The van der Waals surface area contributed by atoms with E-state index in [4.69, 9.17) is 18.6 Å². The van der Waals surface area contributed by atoms with Crippen molar-refractivity contribution in [1.82, 2.24) is 0 Å². The Bertz CT molecular complexity index is 1530. The zero-order valence-electron chi connectivity index (χ0n) is 20.4. The summed E-state index contributed by atoms with van der Waals surface area (Å²) < 4.78 is 21.6. The number of carbonyl (C=O) groups excluding carboxylic acids is 2. The summed E-state index contributed by atoms with van der Waals surface area (Å²) in [5.74, 6) is 0.131. The van der Waals surface area contributed by atoms with Gasteiger partial charge in [0.2, 0.25) is 0 Å². The van der Waals surface area contributed by atoms with Crippen LogP contribution < -0.4 is 20.4 Å². The molecule has 2 aromatic heterocycles. The van der Waals surface area contributed by atoms with Crippen molar-refractivity contribution in [3.05, 3.63) is 75.0 Å². The largest absolute Gasteiger partial charge is 0.497 e. The fourth-order valence-electron chi connectivity index (χ4n) is 4.50. The molecule has 0 saturated carbocycles. The molecule has 0 atom stereocenters. The van der Waals surface area contributed by atoms with E-state index < -0.39 is 11.9 Å². The highest BCUT2D eigenvalue weighted by molar-refractivity contribution is 7.15. The lowest BCUT2D eigenvalue weighted by Crippen LogP contribution is -2.21. The maximum atomic E-state index is 12.8. The molecule has 1 aliphatic rings. The summed E-state index contributed by atoms with van der Waals surface area (Å²) in [5.41, 5.74) is 3.64. The molecule has 2 heterocycles. The minimum Gasteiger partial charge on any atom is -0.497 e.